The van der Waals surface area contributed by atoms with Gasteiger partial charge in [0.05, 0.1) is 11.3 Å². The van der Waals surface area contributed by atoms with Crippen LogP contribution in [-0.2, 0) is 21.3 Å². The van der Waals surface area contributed by atoms with E-state index in [0.29, 0.717) is 10.9 Å². The second-order valence-corrected chi connectivity index (χ2v) is 8.54. The van der Waals surface area contributed by atoms with Gasteiger partial charge in [-0.1, -0.05) is 26.0 Å². The molecular weight excluding hydrogens is 410 g/mol. The number of nitrogens with one attached hydrogen (secondary N) is 1. The highest BCUT2D eigenvalue weighted by Gasteiger charge is 2.22. The number of esters is 1. The standard InChI is InChI=1S/C17H21N3O4S2.ClH/c1-10(2)14(18)16(22)24-13-7-5-4-6-12(13)15(21)20-17-19-8-11(25-17)9-26(3)23;/h4-8,10,14H,9,18H2,1-3H3,(H,19,20,21);1H/t14-,26?;/m0./s1. The molecule has 3 N–H and O–H groups in total. The molecule has 27 heavy (non-hydrogen) atoms. The molecule has 148 valence electrons. The van der Waals surface area contributed by atoms with Gasteiger partial charge in [0.2, 0.25) is 0 Å². The molecule has 0 radical (unpaired) electrons. The van der Waals surface area contributed by atoms with E-state index >= 15 is 0 Å². The number of hydrogen-bond donors (Lipinski definition) is 2. The van der Waals surface area contributed by atoms with Crippen molar-refractivity contribution in [3.8, 4) is 5.75 Å². The van der Waals surface area contributed by atoms with Crippen molar-refractivity contribution < 1.29 is 18.5 Å². The summed E-state index contributed by atoms with van der Waals surface area (Å²) >= 11 is 1.25. The number of ether oxygens (including phenoxy) is 1. The van der Waals surface area contributed by atoms with Crippen LogP contribution in [-0.4, -0.2) is 33.4 Å². The molecule has 1 aromatic heterocycles. The number of para-hydroxylation sites is 1. The summed E-state index contributed by atoms with van der Waals surface area (Å²) < 4.78 is 16.6. The summed E-state index contributed by atoms with van der Waals surface area (Å²) in [6.45, 7) is 3.63. The lowest BCUT2D eigenvalue weighted by Gasteiger charge is -2.15. The monoisotopic (exact) mass is 431 g/mol. The van der Waals surface area contributed by atoms with Crippen molar-refractivity contribution in [2.45, 2.75) is 25.6 Å². The van der Waals surface area contributed by atoms with E-state index in [1.807, 2.05) is 13.8 Å². The van der Waals surface area contributed by atoms with Crippen LogP contribution in [0.15, 0.2) is 30.5 Å². The Balaban J connectivity index is 0.00000364. The number of halogens is 1. The number of nitrogens with zero attached hydrogens (tertiary/aromatic N) is 1. The van der Waals surface area contributed by atoms with E-state index in [-0.39, 0.29) is 29.6 Å². The number of anilines is 1. The van der Waals surface area contributed by atoms with E-state index in [4.69, 9.17) is 10.5 Å². The SMILES string of the molecule is CC(C)[C@H](N)C(=O)Oc1ccccc1C(=O)Nc1ncc(CS(C)=O)s1.Cl. The first-order valence-electron chi connectivity index (χ1n) is 7.90. The van der Waals surface area contributed by atoms with Crippen molar-refractivity contribution in [1.82, 2.24) is 4.98 Å². The maximum atomic E-state index is 12.5. The van der Waals surface area contributed by atoms with Gasteiger partial charge in [-0.15, -0.1) is 23.7 Å². The number of carbonyl (C=O) groups is 2. The number of hydrogen-bond acceptors (Lipinski definition) is 7. The van der Waals surface area contributed by atoms with Gasteiger partial charge >= 0.3 is 5.97 Å². The molecule has 2 aromatic rings. The largest absolute Gasteiger partial charge is 0.425 e. The number of benzene rings is 1. The molecule has 0 aliphatic carbocycles. The molecule has 2 atom stereocenters. The Hall–Kier alpha value is -1.81. The second kappa shape index (κ2) is 10.5. The van der Waals surface area contributed by atoms with Gasteiger partial charge in [-0.05, 0) is 18.1 Å². The number of nitrogens with two attached hydrogens (primary N) is 1. The first kappa shape index (κ1) is 23.2. The van der Waals surface area contributed by atoms with Gasteiger partial charge < -0.3 is 10.5 Å². The molecule has 1 aromatic carbocycles. The number of thiazole rings is 1. The molecule has 2 rings (SSSR count). The smallest absolute Gasteiger partial charge is 0.328 e. The van der Waals surface area contributed by atoms with Gasteiger partial charge in [-0.2, -0.15) is 0 Å². The van der Waals surface area contributed by atoms with Crippen LogP contribution in [0.3, 0.4) is 0 Å². The van der Waals surface area contributed by atoms with E-state index < -0.39 is 28.7 Å². The van der Waals surface area contributed by atoms with Gasteiger partial charge in [0, 0.05) is 28.1 Å². The maximum Gasteiger partial charge on any atom is 0.328 e. The van der Waals surface area contributed by atoms with Crippen LogP contribution in [0.25, 0.3) is 0 Å². The summed E-state index contributed by atoms with van der Waals surface area (Å²) in [4.78, 5) is 29.5. The predicted molar refractivity (Wildman–Crippen MR) is 110 cm³/mol. The fourth-order valence-corrected chi connectivity index (χ4v) is 3.80. The van der Waals surface area contributed by atoms with Crippen molar-refractivity contribution in [2.24, 2.45) is 11.7 Å². The highest BCUT2D eigenvalue weighted by Crippen LogP contribution is 2.23. The number of amides is 1. The second-order valence-electron chi connectivity index (χ2n) is 5.99. The van der Waals surface area contributed by atoms with Crippen molar-refractivity contribution in [2.75, 3.05) is 11.6 Å². The van der Waals surface area contributed by atoms with Crippen LogP contribution in [0.4, 0.5) is 5.13 Å². The average molecular weight is 432 g/mol. The zero-order valence-electron chi connectivity index (χ0n) is 15.1. The Labute approximate surface area is 170 Å². The summed E-state index contributed by atoms with van der Waals surface area (Å²) in [5.74, 6) is -0.611. The van der Waals surface area contributed by atoms with Crippen molar-refractivity contribution >= 4 is 51.6 Å². The topological polar surface area (TPSA) is 111 Å². The van der Waals surface area contributed by atoms with E-state index in [1.165, 1.54) is 17.4 Å². The molecule has 0 fully saturated rings. The van der Waals surface area contributed by atoms with Gasteiger partial charge in [-0.3, -0.25) is 14.3 Å². The van der Waals surface area contributed by atoms with Crippen LogP contribution in [0.1, 0.15) is 29.1 Å². The molecule has 0 aliphatic rings. The third kappa shape index (κ3) is 6.69. The average Bonchev–Trinajstić information content (AvgIpc) is 3.00. The predicted octanol–water partition coefficient (Wildman–Crippen LogP) is 2.58. The maximum absolute atomic E-state index is 12.5. The lowest BCUT2D eigenvalue weighted by molar-refractivity contribution is -0.136. The van der Waals surface area contributed by atoms with Crippen LogP contribution < -0.4 is 15.8 Å². The zero-order chi connectivity index (χ0) is 19.3. The highest BCUT2D eigenvalue weighted by atomic mass is 35.5. The fraction of sp³-hybridized carbons (Fsp3) is 0.353. The van der Waals surface area contributed by atoms with Gasteiger partial charge in [0.1, 0.15) is 11.8 Å². The van der Waals surface area contributed by atoms with E-state index in [2.05, 4.69) is 10.3 Å². The summed E-state index contributed by atoms with van der Waals surface area (Å²) in [5.41, 5.74) is 5.99. The molecule has 1 heterocycles. The number of rotatable bonds is 7. The molecule has 0 saturated carbocycles. The molecule has 0 saturated heterocycles. The van der Waals surface area contributed by atoms with Gasteiger partial charge in [0.25, 0.3) is 5.91 Å². The molecule has 0 spiro atoms. The lowest BCUT2D eigenvalue weighted by atomic mass is 10.1. The van der Waals surface area contributed by atoms with E-state index in [1.54, 1.807) is 30.7 Å². The third-order valence-corrected chi connectivity index (χ3v) is 5.27. The zero-order valence-corrected chi connectivity index (χ0v) is 17.6. The quantitative estimate of drug-likeness (QED) is 0.514. The highest BCUT2D eigenvalue weighted by molar-refractivity contribution is 7.83. The minimum atomic E-state index is -0.982. The van der Waals surface area contributed by atoms with Crippen molar-refractivity contribution in [1.29, 1.82) is 0 Å². The molecule has 7 nitrogen and oxygen atoms in total. The van der Waals surface area contributed by atoms with Crippen LogP contribution in [0, 0.1) is 5.92 Å². The van der Waals surface area contributed by atoms with E-state index in [9.17, 15) is 13.8 Å². The van der Waals surface area contributed by atoms with Crippen molar-refractivity contribution in [3.05, 3.63) is 40.9 Å². The van der Waals surface area contributed by atoms with Gasteiger partial charge in [-0.25, -0.2) is 9.78 Å². The summed E-state index contributed by atoms with van der Waals surface area (Å²) in [5, 5.41) is 3.05. The fourth-order valence-electron chi connectivity index (χ4n) is 1.99. The molecule has 1 unspecified atom stereocenters. The molecule has 0 bridgehead atoms. The summed E-state index contributed by atoms with van der Waals surface area (Å²) in [6.07, 6.45) is 3.18. The normalized spacial score (nSPS) is 12.8. The number of carbonyl (C=O) groups excluding carboxylic acids is 2. The summed E-state index contributed by atoms with van der Waals surface area (Å²) in [6, 6.07) is 5.64. The van der Waals surface area contributed by atoms with Crippen molar-refractivity contribution in [3.63, 3.8) is 0 Å². The Morgan fingerprint density at radius 2 is 2.00 bits per heavy atom. The Morgan fingerprint density at radius 1 is 1.33 bits per heavy atom. The summed E-state index contributed by atoms with van der Waals surface area (Å²) in [7, 11) is -0.982. The molecule has 0 aliphatic heterocycles. The first-order valence-corrected chi connectivity index (χ1v) is 10.4. The molecule has 10 heteroatoms. The van der Waals surface area contributed by atoms with Crippen LogP contribution in [0.2, 0.25) is 0 Å². The number of aromatic nitrogens is 1. The van der Waals surface area contributed by atoms with E-state index in [0.717, 1.165) is 4.88 Å². The molecule has 1 amide bonds. The minimum Gasteiger partial charge on any atom is -0.425 e. The minimum absolute atomic E-state index is 0. The Kier molecular flexibility index (Phi) is 9.04. The Morgan fingerprint density at radius 3 is 2.63 bits per heavy atom. The van der Waals surface area contributed by atoms with Crippen LogP contribution >= 0.6 is 23.7 Å². The first-order chi connectivity index (χ1) is 12.3. The Bertz CT molecular complexity index is 826. The molecular formula is C17H22ClN3O4S2. The lowest BCUT2D eigenvalue weighted by Crippen LogP contribution is -2.38. The van der Waals surface area contributed by atoms with Gasteiger partial charge in [0.15, 0.2) is 5.13 Å². The van der Waals surface area contributed by atoms with Crippen LogP contribution in [0.5, 0.6) is 5.75 Å². The third-order valence-electron chi connectivity index (χ3n) is 3.45.